The van der Waals surface area contributed by atoms with Crippen LogP contribution in [0.25, 0.3) is 0 Å². The zero-order valence-corrected chi connectivity index (χ0v) is 14.0. The second kappa shape index (κ2) is 6.05. The van der Waals surface area contributed by atoms with Crippen LogP contribution in [0.3, 0.4) is 0 Å². The molecule has 0 radical (unpaired) electrons. The summed E-state index contributed by atoms with van der Waals surface area (Å²) in [4.78, 5) is 12.3. The Labute approximate surface area is 138 Å². The highest BCUT2D eigenvalue weighted by Crippen LogP contribution is 2.33. The molecule has 0 saturated carbocycles. The maximum atomic E-state index is 12.3. The van der Waals surface area contributed by atoms with E-state index in [4.69, 9.17) is 0 Å². The van der Waals surface area contributed by atoms with E-state index < -0.39 is 0 Å². The Hall–Kier alpha value is -1.56. The van der Waals surface area contributed by atoms with Crippen LogP contribution in [0.4, 0.5) is 11.4 Å². The third kappa shape index (κ3) is 3.20. The zero-order valence-electron chi connectivity index (χ0n) is 11.8. The Morgan fingerprint density at radius 1 is 1.33 bits per heavy atom. The van der Waals surface area contributed by atoms with Gasteiger partial charge in [0.05, 0.1) is 0 Å². The summed E-state index contributed by atoms with van der Waals surface area (Å²) in [5.41, 5.74) is 4.40. The quantitative estimate of drug-likeness (QED) is 0.772. The van der Waals surface area contributed by atoms with Gasteiger partial charge in [0.1, 0.15) is 0 Å². The first kappa shape index (κ1) is 14.4. The van der Waals surface area contributed by atoms with Crippen molar-refractivity contribution < 1.29 is 4.79 Å². The molecule has 4 heteroatoms. The number of para-hydroxylation sites is 1. The van der Waals surface area contributed by atoms with Gasteiger partial charge in [-0.15, -0.1) is 0 Å². The number of rotatable bonds is 3. The van der Waals surface area contributed by atoms with Crippen LogP contribution in [0.5, 0.6) is 0 Å². The number of hydrogen-bond acceptors (Lipinski definition) is 2. The van der Waals surface area contributed by atoms with Gasteiger partial charge < -0.3 is 10.6 Å². The van der Waals surface area contributed by atoms with Crippen LogP contribution in [0.15, 0.2) is 42.5 Å². The van der Waals surface area contributed by atoms with Gasteiger partial charge in [-0.2, -0.15) is 0 Å². The Morgan fingerprint density at radius 2 is 2.14 bits per heavy atom. The van der Waals surface area contributed by atoms with Crippen molar-refractivity contribution in [2.24, 2.45) is 0 Å². The van der Waals surface area contributed by atoms with E-state index >= 15 is 0 Å². The molecule has 0 aromatic heterocycles. The van der Waals surface area contributed by atoms with E-state index in [2.05, 4.69) is 51.4 Å². The molecule has 1 aliphatic heterocycles. The summed E-state index contributed by atoms with van der Waals surface area (Å²) in [6.07, 6.45) is 0.509. The molecule has 2 N–H and O–H groups in total. The normalized spacial score (nSPS) is 16.2. The largest absolute Gasteiger partial charge is 0.384 e. The van der Waals surface area contributed by atoms with E-state index in [-0.39, 0.29) is 11.8 Å². The second-order valence-electron chi connectivity index (χ2n) is 5.38. The van der Waals surface area contributed by atoms with Crippen LogP contribution in [0, 0.1) is 10.5 Å². The average Bonchev–Trinajstić information content (AvgIpc) is 2.85. The lowest BCUT2D eigenvalue weighted by Crippen LogP contribution is -2.17. The summed E-state index contributed by atoms with van der Waals surface area (Å²) < 4.78 is 1.18. The summed E-state index contributed by atoms with van der Waals surface area (Å²) in [6, 6.07) is 14.3. The van der Waals surface area contributed by atoms with E-state index in [1.54, 1.807) is 0 Å². The molecule has 1 unspecified atom stereocenters. The molecule has 108 valence electrons. The Balaban J connectivity index is 1.68. The molecular formula is C17H17IN2O. The van der Waals surface area contributed by atoms with Crippen molar-refractivity contribution in [1.82, 2.24) is 0 Å². The van der Waals surface area contributed by atoms with Crippen molar-refractivity contribution in [3.05, 3.63) is 57.2 Å². The maximum absolute atomic E-state index is 12.3. The fourth-order valence-electron chi connectivity index (χ4n) is 2.73. The highest BCUT2D eigenvalue weighted by molar-refractivity contribution is 14.1. The van der Waals surface area contributed by atoms with Crippen LogP contribution in [0.2, 0.25) is 0 Å². The van der Waals surface area contributed by atoms with Crippen molar-refractivity contribution in [2.45, 2.75) is 19.3 Å². The minimum atomic E-state index is 0.0720. The summed E-state index contributed by atoms with van der Waals surface area (Å²) in [6.45, 7) is 2.85. The molecular weight excluding hydrogens is 375 g/mol. The molecule has 0 aliphatic carbocycles. The van der Waals surface area contributed by atoms with Crippen LogP contribution >= 0.6 is 22.6 Å². The van der Waals surface area contributed by atoms with Crippen LogP contribution in [0.1, 0.15) is 23.5 Å². The predicted molar refractivity (Wildman–Crippen MR) is 94.8 cm³/mol. The number of nitrogens with one attached hydrogen (secondary N) is 2. The molecule has 1 amide bonds. The van der Waals surface area contributed by atoms with Gasteiger partial charge in [0.25, 0.3) is 0 Å². The van der Waals surface area contributed by atoms with Gasteiger partial charge in [-0.3, -0.25) is 4.79 Å². The minimum absolute atomic E-state index is 0.0720. The van der Waals surface area contributed by atoms with Gasteiger partial charge in [0.2, 0.25) is 5.91 Å². The standard InChI is InChI=1S/C17H17IN2O/c1-11-8-13(18)6-7-15(11)20-17(21)9-12-10-19-16-5-3-2-4-14(12)16/h2-8,12,19H,9-10H2,1H3,(H,20,21). The molecule has 0 fully saturated rings. The number of halogens is 1. The van der Waals surface area contributed by atoms with Crippen LogP contribution in [-0.2, 0) is 4.79 Å². The number of anilines is 2. The highest BCUT2D eigenvalue weighted by atomic mass is 127. The lowest BCUT2D eigenvalue weighted by Gasteiger charge is -2.12. The Bertz CT molecular complexity index is 684. The van der Waals surface area contributed by atoms with Gasteiger partial charge in [-0.05, 0) is 64.9 Å². The van der Waals surface area contributed by atoms with Gasteiger partial charge in [-0.25, -0.2) is 0 Å². The topological polar surface area (TPSA) is 41.1 Å². The molecule has 0 bridgehead atoms. The monoisotopic (exact) mass is 392 g/mol. The molecule has 0 saturated heterocycles. The smallest absolute Gasteiger partial charge is 0.225 e. The number of aryl methyl sites for hydroxylation is 1. The van der Waals surface area contributed by atoms with Crippen molar-refractivity contribution in [3.63, 3.8) is 0 Å². The average molecular weight is 392 g/mol. The van der Waals surface area contributed by atoms with E-state index in [1.165, 1.54) is 9.13 Å². The molecule has 1 heterocycles. The van der Waals surface area contributed by atoms with Crippen LogP contribution < -0.4 is 10.6 Å². The summed E-state index contributed by atoms with van der Waals surface area (Å²) >= 11 is 2.28. The fourth-order valence-corrected chi connectivity index (χ4v) is 3.38. The first-order valence-corrected chi connectivity index (χ1v) is 8.10. The van der Waals surface area contributed by atoms with Crippen molar-refractivity contribution in [1.29, 1.82) is 0 Å². The van der Waals surface area contributed by atoms with E-state index in [1.807, 2.05) is 31.2 Å². The molecule has 3 nitrogen and oxygen atoms in total. The number of amides is 1. The summed E-state index contributed by atoms with van der Waals surface area (Å²) in [7, 11) is 0. The molecule has 1 aliphatic rings. The predicted octanol–water partition coefficient (Wildman–Crippen LogP) is 4.14. The summed E-state index contributed by atoms with van der Waals surface area (Å²) in [5, 5.41) is 6.38. The fraction of sp³-hybridized carbons (Fsp3) is 0.235. The summed E-state index contributed by atoms with van der Waals surface area (Å²) in [5.74, 6) is 0.327. The Kier molecular flexibility index (Phi) is 4.14. The van der Waals surface area contributed by atoms with Gasteiger partial charge in [0.15, 0.2) is 0 Å². The van der Waals surface area contributed by atoms with E-state index in [0.717, 1.165) is 23.5 Å². The third-order valence-electron chi connectivity index (χ3n) is 3.83. The lowest BCUT2D eigenvalue weighted by atomic mass is 9.97. The molecule has 1 atom stereocenters. The molecule has 21 heavy (non-hydrogen) atoms. The minimum Gasteiger partial charge on any atom is -0.384 e. The maximum Gasteiger partial charge on any atom is 0.225 e. The molecule has 2 aromatic carbocycles. The molecule has 3 rings (SSSR count). The van der Waals surface area contributed by atoms with Crippen molar-refractivity contribution in [2.75, 3.05) is 17.2 Å². The first-order chi connectivity index (χ1) is 10.1. The highest BCUT2D eigenvalue weighted by Gasteiger charge is 2.24. The van der Waals surface area contributed by atoms with Gasteiger partial charge in [0, 0.05) is 33.8 Å². The lowest BCUT2D eigenvalue weighted by molar-refractivity contribution is -0.116. The second-order valence-corrected chi connectivity index (χ2v) is 6.62. The zero-order chi connectivity index (χ0) is 14.8. The van der Waals surface area contributed by atoms with Crippen LogP contribution in [-0.4, -0.2) is 12.5 Å². The Morgan fingerprint density at radius 3 is 2.95 bits per heavy atom. The third-order valence-corrected chi connectivity index (χ3v) is 4.50. The van der Waals surface area contributed by atoms with Crippen molar-refractivity contribution >= 4 is 39.9 Å². The number of fused-ring (bicyclic) bond motifs is 1. The first-order valence-electron chi connectivity index (χ1n) is 7.02. The molecule has 2 aromatic rings. The number of carbonyl (C=O) groups excluding carboxylic acids is 1. The molecule has 0 spiro atoms. The van der Waals surface area contributed by atoms with Gasteiger partial charge >= 0.3 is 0 Å². The van der Waals surface area contributed by atoms with Crippen molar-refractivity contribution in [3.8, 4) is 0 Å². The van der Waals surface area contributed by atoms with Gasteiger partial charge in [-0.1, -0.05) is 18.2 Å². The van der Waals surface area contributed by atoms with E-state index in [0.29, 0.717) is 6.42 Å². The number of benzene rings is 2. The van der Waals surface area contributed by atoms with E-state index in [9.17, 15) is 4.79 Å². The SMILES string of the molecule is Cc1cc(I)ccc1NC(=O)CC1CNc2ccccc21. The number of hydrogen-bond donors (Lipinski definition) is 2. The number of carbonyl (C=O) groups is 1.